The summed E-state index contributed by atoms with van der Waals surface area (Å²) in [6, 6.07) is 18.4. The number of nitrogens with one attached hydrogen (secondary N) is 2. The number of benzene rings is 3. The number of anilines is 1. The highest BCUT2D eigenvalue weighted by Gasteiger charge is 2.51. The third-order valence-corrected chi connectivity index (χ3v) is 6.97. The largest absolute Gasteiger partial charge is 0.454 e. The summed E-state index contributed by atoms with van der Waals surface area (Å²) in [5.41, 5.74) is 3.25. The molecule has 36 heavy (non-hydrogen) atoms. The van der Waals surface area contributed by atoms with Gasteiger partial charge in [-0.3, -0.25) is 9.59 Å². The van der Waals surface area contributed by atoms with Gasteiger partial charge in [-0.25, -0.2) is 0 Å². The predicted octanol–water partition coefficient (Wildman–Crippen LogP) is 4.94. The molecule has 3 aromatic carbocycles. The van der Waals surface area contributed by atoms with Crippen LogP contribution in [0.1, 0.15) is 30.2 Å². The van der Waals surface area contributed by atoms with Gasteiger partial charge in [-0.2, -0.15) is 0 Å². The molecule has 7 nitrogen and oxygen atoms in total. The van der Waals surface area contributed by atoms with E-state index in [9.17, 15) is 9.59 Å². The molecule has 1 fully saturated rings. The number of amides is 2. The van der Waals surface area contributed by atoms with E-state index in [0.717, 1.165) is 36.1 Å². The van der Waals surface area contributed by atoms with E-state index in [-0.39, 0.29) is 20.0 Å². The van der Waals surface area contributed by atoms with Gasteiger partial charge >= 0.3 is 0 Å². The van der Waals surface area contributed by atoms with Gasteiger partial charge in [-0.15, -0.1) is 0 Å². The lowest BCUT2D eigenvalue weighted by Crippen LogP contribution is -2.31. The number of carbonyl (C=O) groups excluding carboxylic acids is 2. The molecule has 8 heteroatoms. The van der Waals surface area contributed by atoms with Crippen molar-refractivity contribution in [2.24, 2.45) is 0 Å². The summed E-state index contributed by atoms with van der Waals surface area (Å²) in [7, 11) is 3.92. The monoisotopic (exact) mass is 507 g/mol. The predicted molar refractivity (Wildman–Crippen MR) is 142 cm³/mol. The van der Waals surface area contributed by atoms with Gasteiger partial charge in [0.25, 0.3) is 5.91 Å². The van der Waals surface area contributed by atoms with Crippen LogP contribution in [0.5, 0.6) is 11.5 Å². The van der Waals surface area contributed by atoms with Crippen LogP contribution >= 0.6 is 11.6 Å². The van der Waals surface area contributed by atoms with Crippen molar-refractivity contribution in [1.82, 2.24) is 10.2 Å². The molecule has 0 spiro atoms. The number of halogens is 1. The van der Waals surface area contributed by atoms with Crippen LogP contribution in [0.4, 0.5) is 5.69 Å². The number of hydrogen-bond acceptors (Lipinski definition) is 5. The Morgan fingerprint density at radius 2 is 1.75 bits per heavy atom. The van der Waals surface area contributed by atoms with Gasteiger partial charge in [-0.1, -0.05) is 29.8 Å². The summed E-state index contributed by atoms with van der Waals surface area (Å²) < 4.78 is 10.9. The lowest BCUT2D eigenvalue weighted by atomic mass is 9.94. The lowest BCUT2D eigenvalue weighted by Gasteiger charge is -2.17. The third-order valence-electron chi connectivity index (χ3n) is 6.64. The fourth-order valence-corrected chi connectivity index (χ4v) is 4.56. The van der Waals surface area contributed by atoms with E-state index in [0.29, 0.717) is 34.3 Å². The maximum Gasteiger partial charge on any atom is 0.251 e. The highest BCUT2D eigenvalue weighted by atomic mass is 35.5. The van der Waals surface area contributed by atoms with Crippen molar-refractivity contribution in [2.75, 3.05) is 39.3 Å². The van der Waals surface area contributed by atoms with E-state index in [1.54, 1.807) is 24.3 Å². The standard InChI is InChI=1S/C28H28ClN3O4.H2/c1-32(2)14-13-30-26(33)19-5-3-18(4-6-19)22-16-21(8-9-23(22)29)31-27(34)28(11-12-28)20-7-10-24-25(15-20)36-17-35-24;/h3-10,15-16H,11-14,17H2,1-2H3,(H,30,33)(H,31,34);1H. The average molecular weight is 508 g/mol. The molecular weight excluding hydrogens is 478 g/mol. The maximum atomic E-state index is 13.3. The third kappa shape index (κ3) is 4.90. The topological polar surface area (TPSA) is 79.9 Å². The fraction of sp³-hybridized carbons (Fsp3) is 0.286. The Morgan fingerprint density at radius 1 is 1.00 bits per heavy atom. The Morgan fingerprint density at radius 3 is 2.47 bits per heavy atom. The second kappa shape index (κ2) is 9.84. The van der Waals surface area contributed by atoms with E-state index in [1.807, 2.05) is 55.4 Å². The highest BCUT2D eigenvalue weighted by Crippen LogP contribution is 2.51. The first kappa shape index (κ1) is 24.2. The molecule has 2 N–H and O–H groups in total. The molecular formula is C28H30ClN3O4. The molecule has 0 atom stereocenters. The van der Waals surface area contributed by atoms with Gasteiger partial charge in [0, 0.05) is 36.4 Å². The smallest absolute Gasteiger partial charge is 0.251 e. The van der Waals surface area contributed by atoms with Crippen molar-refractivity contribution in [3.05, 3.63) is 76.8 Å². The lowest BCUT2D eigenvalue weighted by molar-refractivity contribution is -0.118. The second-order valence-corrected chi connectivity index (χ2v) is 9.84. The molecule has 1 heterocycles. The minimum Gasteiger partial charge on any atom is -0.454 e. The first-order chi connectivity index (χ1) is 17.4. The summed E-state index contributed by atoms with van der Waals surface area (Å²) in [4.78, 5) is 27.7. The quantitative estimate of drug-likeness (QED) is 0.451. The van der Waals surface area contributed by atoms with Gasteiger partial charge < -0.3 is 25.0 Å². The molecule has 2 amide bonds. The van der Waals surface area contributed by atoms with Crippen LogP contribution in [0.25, 0.3) is 11.1 Å². The first-order valence-corrected chi connectivity index (χ1v) is 12.3. The van der Waals surface area contributed by atoms with Crippen LogP contribution in [-0.2, 0) is 10.2 Å². The van der Waals surface area contributed by atoms with E-state index in [2.05, 4.69) is 10.6 Å². The van der Waals surface area contributed by atoms with Crippen molar-refractivity contribution in [2.45, 2.75) is 18.3 Å². The molecule has 0 bridgehead atoms. The van der Waals surface area contributed by atoms with Crippen molar-refractivity contribution < 1.29 is 20.5 Å². The van der Waals surface area contributed by atoms with E-state index < -0.39 is 5.41 Å². The molecule has 0 aromatic heterocycles. The van der Waals surface area contributed by atoms with Crippen LogP contribution in [0.3, 0.4) is 0 Å². The number of fused-ring (bicyclic) bond motifs is 1. The molecule has 188 valence electrons. The number of ether oxygens (including phenoxy) is 2. The zero-order valence-corrected chi connectivity index (χ0v) is 21.0. The number of rotatable bonds is 8. The summed E-state index contributed by atoms with van der Waals surface area (Å²) in [5.74, 6) is 1.21. The van der Waals surface area contributed by atoms with Crippen LogP contribution in [0, 0.1) is 0 Å². The van der Waals surface area contributed by atoms with E-state index in [4.69, 9.17) is 21.1 Å². The molecule has 1 saturated carbocycles. The van der Waals surface area contributed by atoms with Crippen molar-refractivity contribution >= 4 is 29.1 Å². The molecule has 1 aliphatic heterocycles. The number of hydrogen-bond donors (Lipinski definition) is 2. The van der Waals surface area contributed by atoms with Crippen LogP contribution in [0.15, 0.2) is 60.7 Å². The fourth-order valence-electron chi connectivity index (χ4n) is 4.34. The Balaban J connectivity index is 0.00000320. The number of carbonyl (C=O) groups is 2. The molecule has 3 aromatic rings. The Bertz CT molecular complexity index is 1310. The van der Waals surface area contributed by atoms with Crippen molar-refractivity contribution in [3.8, 4) is 22.6 Å². The second-order valence-electron chi connectivity index (χ2n) is 9.44. The van der Waals surface area contributed by atoms with Gasteiger partial charge in [0.2, 0.25) is 12.7 Å². The first-order valence-electron chi connectivity index (χ1n) is 11.9. The summed E-state index contributed by atoms with van der Waals surface area (Å²) in [6.45, 7) is 1.55. The van der Waals surface area contributed by atoms with Crippen LogP contribution < -0.4 is 20.1 Å². The summed E-state index contributed by atoms with van der Waals surface area (Å²) in [5, 5.41) is 6.55. The molecule has 5 rings (SSSR count). The molecule has 1 aliphatic carbocycles. The molecule has 0 radical (unpaired) electrons. The minimum absolute atomic E-state index is 0. The molecule has 0 saturated heterocycles. The van der Waals surface area contributed by atoms with Crippen molar-refractivity contribution in [1.29, 1.82) is 0 Å². The SMILES string of the molecule is CN(C)CCNC(=O)c1ccc(-c2cc(NC(=O)C3(c4ccc5c(c4)OCO5)CC3)ccc2Cl)cc1.[HH]. The van der Waals surface area contributed by atoms with Gasteiger partial charge in [0.05, 0.1) is 5.41 Å². The van der Waals surface area contributed by atoms with E-state index >= 15 is 0 Å². The van der Waals surface area contributed by atoms with Crippen LogP contribution in [-0.4, -0.2) is 50.7 Å². The maximum absolute atomic E-state index is 13.3. The van der Waals surface area contributed by atoms with Gasteiger partial charge in [0.15, 0.2) is 11.5 Å². The average Bonchev–Trinajstić information content (AvgIpc) is 3.56. The highest BCUT2D eigenvalue weighted by molar-refractivity contribution is 6.33. The summed E-state index contributed by atoms with van der Waals surface area (Å²) >= 11 is 6.50. The molecule has 2 aliphatic rings. The van der Waals surface area contributed by atoms with Gasteiger partial charge in [-0.05, 0) is 80.5 Å². The van der Waals surface area contributed by atoms with E-state index in [1.165, 1.54) is 0 Å². The molecule has 0 unspecified atom stereocenters. The number of nitrogens with zero attached hydrogens (tertiary/aromatic N) is 1. The zero-order valence-electron chi connectivity index (χ0n) is 20.3. The normalized spacial score (nSPS) is 15.0. The Kier molecular flexibility index (Phi) is 6.60. The Hall–Kier alpha value is -3.55. The number of likely N-dealkylation sites (N-methyl/N-ethyl adjacent to an activating group) is 1. The minimum atomic E-state index is -0.567. The van der Waals surface area contributed by atoms with Gasteiger partial charge in [0.1, 0.15) is 0 Å². The van der Waals surface area contributed by atoms with Crippen LogP contribution in [0.2, 0.25) is 5.02 Å². The Labute approximate surface area is 216 Å². The zero-order chi connectivity index (χ0) is 25.3. The summed E-state index contributed by atoms with van der Waals surface area (Å²) in [6.07, 6.45) is 1.55. The van der Waals surface area contributed by atoms with Crippen molar-refractivity contribution in [3.63, 3.8) is 0 Å².